The summed E-state index contributed by atoms with van der Waals surface area (Å²) in [6, 6.07) is 0. The van der Waals surface area contributed by atoms with Gasteiger partial charge in [-0.25, -0.2) is 4.98 Å². The number of hydrogen-bond acceptors (Lipinski definition) is 3. The fraction of sp³-hybridized carbons (Fsp3) is 0.500. The molecule has 1 heterocycles. The second-order valence-electron chi connectivity index (χ2n) is 2.38. The van der Waals surface area contributed by atoms with Crippen LogP contribution in [0.1, 0.15) is 20.3 Å². The topological polar surface area (TPSA) is 35.0 Å². The quantitative estimate of drug-likeness (QED) is 0.660. The lowest BCUT2D eigenvalue weighted by atomic mass is 10.3. The van der Waals surface area contributed by atoms with Gasteiger partial charge < -0.3 is 4.74 Å². The van der Waals surface area contributed by atoms with Crippen molar-refractivity contribution < 1.29 is 4.74 Å². The van der Waals surface area contributed by atoms with Gasteiger partial charge >= 0.3 is 0 Å². The first-order chi connectivity index (χ1) is 5.33. The lowest BCUT2D eigenvalue weighted by Crippen LogP contribution is -2.10. The third-order valence-corrected chi connectivity index (χ3v) is 1.44. The number of rotatable bonds is 3. The van der Waals surface area contributed by atoms with E-state index in [-0.39, 0.29) is 6.10 Å². The van der Waals surface area contributed by atoms with Crippen molar-refractivity contribution in [1.82, 2.24) is 9.97 Å². The summed E-state index contributed by atoms with van der Waals surface area (Å²) in [5, 5.41) is 0. The van der Waals surface area contributed by atoms with Crippen molar-refractivity contribution in [3.63, 3.8) is 0 Å². The second kappa shape index (κ2) is 3.91. The van der Waals surface area contributed by atoms with E-state index < -0.39 is 0 Å². The molecule has 0 saturated heterocycles. The van der Waals surface area contributed by atoms with Gasteiger partial charge in [-0.1, -0.05) is 6.92 Å². The minimum Gasteiger partial charge on any atom is -0.474 e. The molecule has 0 spiro atoms. The van der Waals surface area contributed by atoms with Gasteiger partial charge in [-0.2, -0.15) is 0 Å². The van der Waals surface area contributed by atoms with Crippen molar-refractivity contribution in [2.75, 3.05) is 0 Å². The standard InChI is InChI=1S/C8H12N2O/c1-3-7(2)11-8-6-9-4-5-10-8/h4-7H,3H2,1-2H3/t7-/m1/s1. The Kier molecular flexibility index (Phi) is 2.83. The molecule has 0 unspecified atom stereocenters. The third-order valence-electron chi connectivity index (χ3n) is 1.44. The molecule has 3 nitrogen and oxygen atoms in total. The van der Waals surface area contributed by atoms with Crippen molar-refractivity contribution in [2.24, 2.45) is 0 Å². The minimum atomic E-state index is 0.215. The van der Waals surface area contributed by atoms with Crippen molar-refractivity contribution in [2.45, 2.75) is 26.4 Å². The van der Waals surface area contributed by atoms with Gasteiger partial charge in [-0.15, -0.1) is 0 Å². The molecule has 0 aromatic carbocycles. The molecule has 11 heavy (non-hydrogen) atoms. The van der Waals surface area contributed by atoms with Gasteiger partial charge in [-0.3, -0.25) is 4.98 Å². The van der Waals surface area contributed by atoms with Crippen LogP contribution in [-0.2, 0) is 0 Å². The molecule has 1 atom stereocenters. The summed E-state index contributed by atoms with van der Waals surface area (Å²) in [7, 11) is 0. The molecule has 0 radical (unpaired) electrons. The first-order valence-electron chi connectivity index (χ1n) is 3.75. The highest BCUT2D eigenvalue weighted by atomic mass is 16.5. The molecule has 0 saturated carbocycles. The zero-order valence-electron chi connectivity index (χ0n) is 6.82. The summed E-state index contributed by atoms with van der Waals surface area (Å²) < 4.78 is 5.39. The first-order valence-corrected chi connectivity index (χ1v) is 3.75. The molecule has 0 aliphatic heterocycles. The summed E-state index contributed by atoms with van der Waals surface area (Å²) in [5.74, 6) is 0.599. The predicted octanol–water partition coefficient (Wildman–Crippen LogP) is 1.65. The first kappa shape index (κ1) is 7.98. The van der Waals surface area contributed by atoms with E-state index in [1.54, 1.807) is 18.6 Å². The van der Waals surface area contributed by atoms with Crippen LogP contribution in [0.15, 0.2) is 18.6 Å². The molecule has 0 aliphatic rings. The Bertz CT molecular complexity index is 201. The molecule has 3 heteroatoms. The maximum atomic E-state index is 5.39. The number of hydrogen-bond donors (Lipinski definition) is 0. The maximum Gasteiger partial charge on any atom is 0.232 e. The Hall–Kier alpha value is -1.12. The summed E-state index contributed by atoms with van der Waals surface area (Å²) >= 11 is 0. The van der Waals surface area contributed by atoms with Gasteiger partial charge in [-0.05, 0) is 13.3 Å². The van der Waals surface area contributed by atoms with Crippen LogP contribution in [0.25, 0.3) is 0 Å². The van der Waals surface area contributed by atoms with Crippen LogP contribution in [0, 0.1) is 0 Å². The molecular weight excluding hydrogens is 140 g/mol. The fourth-order valence-corrected chi connectivity index (χ4v) is 0.636. The highest BCUT2D eigenvalue weighted by Crippen LogP contribution is 2.05. The van der Waals surface area contributed by atoms with E-state index in [0.717, 1.165) is 6.42 Å². The molecule has 1 aromatic heterocycles. The van der Waals surface area contributed by atoms with E-state index in [1.165, 1.54) is 0 Å². The Balaban J connectivity index is 2.51. The van der Waals surface area contributed by atoms with Gasteiger partial charge in [0.2, 0.25) is 5.88 Å². The number of nitrogens with zero attached hydrogens (tertiary/aromatic N) is 2. The molecule has 0 aliphatic carbocycles. The van der Waals surface area contributed by atoms with Crippen LogP contribution in [0.2, 0.25) is 0 Å². The Morgan fingerprint density at radius 1 is 1.55 bits per heavy atom. The zero-order chi connectivity index (χ0) is 8.10. The van der Waals surface area contributed by atoms with Crippen molar-refractivity contribution >= 4 is 0 Å². The Labute approximate surface area is 66.4 Å². The van der Waals surface area contributed by atoms with Gasteiger partial charge in [0.05, 0.1) is 12.3 Å². The highest BCUT2D eigenvalue weighted by molar-refractivity contribution is 5.01. The molecule has 0 fully saturated rings. The van der Waals surface area contributed by atoms with E-state index in [0.29, 0.717) is 5.88 Å². The average molecular weight is 152 g/mol. The van der Waals surface area contributed by atoms with Gasteiger partial charge in [0.15, 0.2) is 0 Å². The summed E-state index contributed by atoms with van der Waals surface area (Å²) in [6.07, 6.45) is 6.07. The third kappa shape index (κ3) is 2.53. The summed E-state index contributed by atoms with van der Waals surface area (Å²) in [4.78, 5) is 7.87. The number of ether oxygens (including phenoxy) is 1. The Morgan fingerprint density at radius 2 is 2.36 bits per heavy atom. The van der Waals surface area contributed by atoms with Gasteiger partial charge in [0, 0.05) is 12.4 Å². The van der Waals surface area contributed by atoms with Gasteiger partial charge in [0.25, 0.3) is 0 Å². The van der Waals surface area contributed by atoms with Crippen LogP contribution >= 0.6 is 0 Å². The predicted molar refractivity (Wildman–Crippen MR) is 42.4 cm³/mol. The normalized spacial score (nSPS) is 12.5. The second-order valence-corrected chi connectivity index (χ2v) is 2.38. The summed E-state index contributed by atoms with van der Waals surface area (Å²) in [5.41, 5.74) is 0. The number of aromatic nitrogens is 2. The van der Waals surface area contributed by atoms with Crippen LogP contribution in [0.5, 0.6) is 5.88 Å². The van der Waals surface area contributed by atoms with E-state index in [4.69, 9.17) is 4.74 Å². The van der Waals surface area contributed by atoms with Crippen LogP contribution in [0.3, 0.4) is 0 Å². The molecular formula is C8H12N2O. The molecule has 1 aromatic rings. The zero-order valence-corrected chi connectivity index (χ0v) is 6.82. The van der Waals surface area contributed by atoms with Crippen LogP contribution in [0.4, 0.5) is 0 Å². The molecule has 0 bridgehead atoms. The van der Waals surface area contributed by atoms with E-state index in [9.17, 15) is 0 Å². The van der Waals surface area contributed by atoms with Crippen molar-refractivity contribution in [3.8, 4) is 5.88 Å². The van der Waals surface area contributed by atoms with Crippen molar-refractivity contribution in [1.29, 1.82) is 0 Å². The highest BCUT2D eigenvalue weighted by Gasteiger charge is 1.99. The maximum absolute atomic E-state index is 5.39. The smallest absolute Gasteiger partial charge is 0.232 e. The largest absolute Gasteiger partial charge is 0.474 e. The lowest BCUT2D eigenvalue weighted by molar-refractivity contribution is 0.207. The van der Waals surface area contributed by atoms with E-state index in [2.05, 4.69) is 16.9 Å². The van der Waals surface area contributed by atoms with Crippen LogP contribution in [-0.4, -0.2) is 16.1 Å². The van der Waals surface area contributed by atoms with Gasteiger partial charge in [0.1, 0.15) is 0 Å². The Morgan fingerprint density at radius 3 is 2.91 bits per heavy atom. The minimum absolute atomic E-state index is 0.215. The average Bonchev–Trinajstić information content (AvgIpc) is 2.06. The molecule has 1 rings (SSSR count). The van der Waals surface area contributed by atoms with E-state index in [1.807, 2.05) is 6.92 Å². The van der Waals surface area contributed by atoms with Crippen molar-refractivity contribution in [3.05, 3.63) is 18.6 Å². The SMILES string of the molecule is CC[C@@H](C)Oc1cnccn1. The lowest BCUT2D eigenvalue weighted by Gasteiger charge is -2.09. The monoisotopic (exact) mass is 152 g/mol. The molecule has 60 valence electrons. The van der Waals surface area contributed by atoms with Crippen LogP contribution < -0.4 is 4.74 Å². The molecule has 0 amide bonds. The summed E-state index contributed by atoms with van der Waals surface area (Å²) in [6.45, 7) is 4.08. The van der Waals surface area contributed by atoms with E-state index >= 15 is 0 Å². The molecule has 0 N–H and O–H groups in total. The fourth-order valence-electron chi connectivity index (χ4n) is 0.636.